The first kappa shape index (κ1) is 27.9. The van der Waals surface area contributed by atoms with E-state index in [1.165, 1.54) is 12.1 Å². The summed E-state index contributed by atoms with van der Waals surface area (Å²) in [5.74, 6) is 0.354. The predicted molar refractivity (Wildman–Crippen MR) is 144 cm³/mol. The fourth-order valence-electron chi connectivity index (χ4n) is 4.22. The van der Waals surface area contributed by atoms with Gasteiger partial charge in [0.2, 0.25) is 10.0 Å². The number of sulfonamides is 1. The van der Waals surface area contributed by atoms with Crippen molar-refractivity contribution in [2.45, 2.75) is 50.3 Å². The molecule has 1 amide bonds. The van der Waals surface area contributed by atoms with Crippen molar-refractivity contribution in [2.24, 2.45) is 5.73 Å². The number of anilines is 2. The molecule has 0 fully saturated rings. The molecule has 0 saturated heterocycles. The largest absolute Gasteiger partial charge is 0.492 e. The lowest BCUT2D eigenvalue weighted by atomic mass is 10.1. The van der Waals surface area contributed by atoms with Crippen LogP contribution in [0.3, 0.4) is 0 Å². The van der Waals surface area contributed by atoms with E-state index in [9.17, 15) is 17.4 Å². The van der Waals surface area contributed by atoms with Gasteiger partial charge in [0.1, 0.15) is 12.4 Å². The van der Waals surface area contributed by atoms with Crippen LogP contribution in [0.5, 0.6) is 5.75 Å². The number of amides is 1. The lowest BCUT2D eigenvalue weighted by Crippen LogP contribution is -2.30. The molecule has 11 heteroatoms. The number of nitrogens with zero attached hydrogens (tertiary/aromatic N) is 1. The van der Waals surface area contributed by atoms with E-state index < -0.39 is 19.8 Å². The van der Waals surface area contributed by atoms with E-state index in [2.05, 4.69) is 11.6 Å². The Morgan fingerprint density at radius 1 is 1.11 bits per heavy atom. The average molecular weight is 537 g/mol. The van der Waals surface area contributed by atoms with Crippen molar-refractivity contribution >= 4 is 37.0 Å². The topological polar surface area (TPSA) is 143 Å². The van der Waals surface area contributed by atoms with E-state index in [0.29, 0.717) is 41.6 Å². The van der Waals surface area contributed by atoms with Gasteiger partial charge in [-0.3, -0.25) is 9.52 Å². The van der Waals surface area contributed by atoms with Crippen molar-refractivity contribution in [3.8, 4) is 5.75 Å². The molecule has 0 spiro atoms. The first-order valence-electron chi connectivity index (χ1n) is 12.2. The highest BCUT2D eigenvalue weighted by Crippen LogP contribution is 2.34. The van der Waals surface area contributed by atoms with Gasteiger partial charge in [0.05, 0.1) is 27.2 Å². The number of nitrogens with one attached hydrogen (secondary N) is 2. The minimum Gasteiger partial charge on any atom is -0.492 e. The molecule has 198 valence electrons. The summed E-state index contributed by atoms with van der Waals surface area (Å²) in [6, 6.07) is 9.77. The Bertz CT molecular complexity index is 1290. The summed E-state index contributed by atoms with van der Waals surface area (Å²) in [6.07, 6.45) is 6.66. The number of rotatable bonds is 13. The molecule has 1 unspecified atom stereocenters. The Labute approximate surface area is 214 Å². The van der Waals surface area contributed by atoms with Gasteiger partial charge in [-0.15, -0.1) is 0 Å². The van der Waals surface area contributed by atoms with Crippen molar-refractivity contribution in [2.75, 3.05) is 41.3 Å². The van der Waals surface area contributed by atoms with Gasteiger partial charge >= 0.3 is 0 Å². The molecule has 2 aromatic rings. The van der Waals surface area contributed by atoms with Crippen LogP contribution in [0.1, 0.15) is 54.9 Å². The lowest BCUT2D eigenvalue weighted by Gasteiger charge is -2.20. The van der Waals surface area contributed by atoms with E-state index in [1.54, 1.807) is 29.2 Å². The van der Waals surface area contributed by atoms with Gasteiger partial charge < -0.3 is 15.4 Å². The summed E-state index contributed by atoms with van der Waals surface area (Å²) in [4.78, 5) is 15.6. The summed E-state index contributed by atoms with van der Waals surface area (Å²) in [5.41, 5.74) is 7.33. The average Bonchev–Trinajstić information content (AvgIpc) is 3.25. The van der Waals surface area contributed by atoms with E-state index in [-0.39, 0.29) is 23.8 Å². The zero-order valence-corrected chi connectivity index (χ0v) is 22.6. The van der Waals surface area contributed by atoms with E-state index >= 15 is 0 Å². The molecule has 1 heterocycles. The van der Waals surface area contributed by atoms with Crippen molar-refractivity contribution < 1.29 is 22.2 Å². The second-order valence-corrected chi connectivity index (χ2v) is 13.0. The van der Waals surface area contributed by atoms with Crippen molar-refractivity contribution in [1.82, 2.24) is 0 Å². The highest BCUT2D eigenvalue weighted by Gasteiger charge is 2.29. The number of fused-ring (bicyclic) bond motifs is 1. The molecule has 0 radical (unpaired) electrons. The maximum Gasteiger partial charge on any atom is 0.260 e. The van der Waals surface area contributed by atoms with Gasteiger partial charge in [0, 0.05) is 29.4 Å². The minimum atomic E-state index is -3.62. The molecule has 2 aromatic carbocycles. The number of hydrogen-bond acceptors (Lipinski definition) is 7. The maximum atomic E-state index is 13.6. The van der Waals surface area contributed by atoms with Crippen LogP contribution in [0.4, 0.5) is 11.4 Å². The summed E-state index contributed by atoms with van der Waals surface area (Å²) in [6.45, 7) is 3.08. The molecule has 1 aliphatic rings. The van der Waals surface area contributed by atoms with Gasteiger partial charge in [-0.1, -0.05) is 32.6 Å². The lowest BCUT2D eigenvalue weighted by molar-refractivity contribution is 0.0990. The third-order valence-electron chi connectivity index (χ3n) is 6.01. The molecule has 3 rings (SSSR count). The zero-order chi connectivity index (χ0) is 26.3. The number of hydrogen-bond donors (Lipinski definition) is 3. The predicted octanol–water partition coefficient (Wildman–Crippen LogP) is 3.97. The van der Waals surface area contributed by atoms with E-state index in [4.69, 9.17) is 15.3 Å². The third-order valence-corrected chi connectivity index (χ3v) is 8.48. The van der Waals surface area contributed by atoms with Gasteiger partial charge in [0.25, 0.3) is 5.91 Å². The second-order valence-electron chi connectivity index (χ2n) is 9.01. The monoisotopic (exact) mass is 536 g/mol. The van der Waals surface area contributed by atoms with Crippen LogP contribution in [0.25, 0.3) is 0 Å². The molecule has 0 aromatic heterocycles. The fourth-order valence-corrected chi connectivity index (χ4v) is 6.27. The molecule has 4 N–H and O–H groups in total. The number of unbranched alkanes of at least 4 members (excludes halogenated alkanes) is 4. The Morgan fingerprint density at radius 2 is 1.86 bits per heavy atom. The quantitative estimate of drug-likeness (QED) is 0.331. The molecule has 1 atom stereocenters. The van der Waals surface area contributed by atoms with Crippen LogP contribution in [0, 0.1) is 4.78 Å². The highest BCUT2D eigenvalue weighted by molar-refractivity contribution is 7.92. The molecular formula is C25H36N4O5S2. The van der Waals surface area contributed by atoms with Crippen molar-refractivity contribution in [3.05, 3.63) is 47.5 Å². The summed E-state index contributed by atoms with van der Waals surface area (Å²) < 4.78 is 53.2. The first-order chi connectivity index (χ1) is 17.1. The van der Waals surface area contributed by atoms with Crippen LogP contribution in [-0.4, -0.2) is 50.2 Å². The van der Waals surface area contributed by atoms with E-state index in [1.807, 2.05) is 0 Å². The molecule has 0 bridgehead atoms. The Balaban J connectivity index is 1.84. The Hall–Kier alpha value is -2.63. The highest BCUT2D eigenvalue weighted by atomic mass is 32.2. The van der Waals surface area contributed by atoms with Gasteiger partial charge in [-0.25, -0.2) is 17.4 Å². The van der Waals surface area contributed by atoms with Crippen LogP contribution < -0.4 is 20.1 Å². The second kappa shape index (κ2) is 12.1. The molecule has 0 aliphatic carbocycles. The van der Waals surface area contributed by atoms with Crippen LogP contribution >= 0.6 is 0 Å². The Morgan fingerprint density at radius 3 is 2.56 bits per heavy atom. The minimum absolute atomic E-state index is 0.156. The molecule has 0 saturated carbocycles. The van der Waals surface area contributed by atoms with Gasteiger partial charge in [-0.2, -0.15) is 0 Å². The van der Waals surface area contributed by atoms with E-state index in [0.717, 1.165) is 43.9 Å². The molecule has 36 heavy (non-hydrogen) atoms. The van der Waals surface area contributed by atoms with Crippen molar-refractivity contribution in [3.63, 3.8) is 0 Å². The molecule has 9 nitrogen and oxygen atoms in total. The molecular weight excluding hydrogens is 500 g/mol. The number of benzene rings is 2. The summed E-state index contributed by atoms with van der Waals surface area (Å²) in [7, 11) is -6.52. The fraction of sp³-hybridized carbons (Fsp3) is 0.480. The summed E-state index contributed by atoms with van der Waals surface area (Å²) >= 11 is 0. The first-order valence-corrected chi connectivity index (χ1v) is 15.8. The molecule has 1 aliphatic heterocycles. The van der Waals surface area contributed by atoms with Gasteiger partial charge in [0.15, 0.2) is 0 Å². The number of carbonyl (C=O) groups excluding carboxylic acids is 1. The van der Waals surface area contributed by atoms with Gasteiger partial charge in [-0.05, 0) is 54.8 Å². The zero-order valence-electron chi connectivity index (χ0n) is 20.9. The normalized spacial score (nSPS) is 14.8. The number of ether oxygens (including phenoxy) is 1. The Kier molecular flexibility index (Phi) is 9.37. The number of nitrogens with two attached hydrogens (primary N) is 1. The number of carbonyl (C=O) groups is 1. The summed E-state index contributed by atoms with van der Waals surface area (Å²) in [5, 5.41) is 0. The maximum absolute atomic E-state index is 13.6. The smallest absolute Gasteiger partial charge is 0.260 e. The van der Waals surface area contributed by atoms with Crippen LogP contribution in [0.2, 0.25) is 0 Å². The standard InChI is InChI=1S/C25H36N4O5S2/c1-3-4-5-6-7-16-36(27,33)21-9-11-24-19(17-21)12-14-29(24)25(30)22-18-20(34-15-13-26)8-10-23(22)28-35(2,31)32/h8-11,17-18,27-28H,3-7,12-16,26H2,1-2H3. The van der Waals surface area contributed by atoms with Crippen LogP contribution in [-0.2, 0) is 26.2 Å². The SMILES string of the molecule is CCCCCCCS(=N)(=O)c1ccc2c(c1)CCN2C(=O)c1cc(OCCN)ccc1NS(C)(=O)=O. The van der Waals surface area contributed by atoms with Crippen LogP contribution in [0.15, 0.2) is 41.3 Å². The van der Waals surface area contributed by atoms with Crippen molar-refractivity contribution in [1.29, 1.82) is 4.78 Å². The third kappa shape index (κ3) is 7.21.